The molecule has 1 spiro atoms. The van der Waals surface area contributed by atoms with Gasteiger partial charge in [0.15, 0.2) is 5.75 Å². The molecule has 4 heterocycles. The molecule has 0 aromatic carbocycles. The first-order chi connectivity index (χ1) is 14.5. The number of anilines is 1. The summed E-state index contributed by atoms with van der Waals surface area (Å²) in [5.74, 6) is 1.61. The second kappa shape index (κ2) is 8.79. The van der Waals surface area contributed by atoms with Crippen LogP contribution in [0.5, 0.6) is 5.75 Å². The number of nitrogens with one attached hydrogen (secondary N) is 1. The average molecular weight is 417 g/mol. The SMILES string of the molecule is CCNC(=O)Oc1cnc(N2CCC[C@@]3(CCN(C4CCOCC4)C3=O)C2)c(C)c1. The van der Waals surface area contributed by atoms with Gasteiger partial charge in [-0.05, 0) is 57.6 Å². The van der Waals surface area contributed by atoms with Crippen molar-refractivity contribution in [3.05, 3.63) is 17.8 Å². The van der Waals surface area contributed by atoms with Crippen molar-refractivity contribution in [3.8, 4) is 5.75 Å². The van der Waals surface area contributed by atoms with Crippen LogP contribution in [0.15, 0.2) is 12.3 Å². The minimum atomic E-state index is -0.479. The maximum absolute atomic E-state index is 13.5. The molecule has 4 rings (SSSR count). The van der Waals surface area contributed by atoms with Crippen LogP contribution >= 0.6 is 0 Å². The molecule has 3 aliphatic heterocycles. The van der Waals surface area contributed by atoms with E-state index in [1.807, 2.05) is 19.9 Å². The number of pyridine rings is 1. The molecule has 164 valence electrons. The van der Waals surface area contributed by atoms with Crippen LogP contribution in [0.3, 0.4) is 0 Å². The molecule has 3 saturated heterocycles. The number of aromatic nitrogens is 1. The molecule has 3 aliphatic rings. The Kier molecular flexibility index (Phi) is 6.13. The molecule has 0 radical (unpaired) electrons. The molecule has 0 aliphatic carbocycles. The standard InChI is InChI=1S/C22H32N4O4/c1-3-23-21(28)30-18-13-16(2)19(24-14-18)25-9-4-7-22(15-25)8-10-26(20(22)27)17-5-11-29-12-6-17/h13-14,17H,3-12,15H2,1-2H3,(H,23,28)/t22-/m1/s1. The fourth-order valence-electron chi connectivity index (χ4n) is 5.10. The number of aryl methyl sites for hydroxylation is 1. The Morgan fingerprint density at radius 2 is 2.13 bits per heavy atom. The first-order valence-electron chi connectivity index (χ1n) is 11.1. The highest BCUT2D eigenvalue weighted by atomic mass is 16.6. The van der Waals surface area contributed by atoms with Gasteiger partial charge in [0.2, 0.25) is 5.91 Å². The zero-order valence-corrected chi connectivity index (χ0v) is 18.0. The summed E-state index contributed by atoms with van der Waals surface area (Å²) in [6.45, 7) is 8.27. The van der Waals surface area contributed by atoms with Crippen LogP contribution in [0.25, 0.3) is 0 Å². The van der Waals surface area contributed by atoms with Crippen molar-refractivity contribution >= 4 is 17.8 Å². The lowest BCUT2D eigenvalue weighted by Crippen LogP contribution is -2.50. The lowest BCUT2D eigenvalue weighted by Gasteiger charge is -2.41. The van der Waals surface area contributed by atoms with Gasteiger partial charge >= 0.3 is 6.09 Å². The number of rotatable bonds is 4. The van der Waals surface area contributed by atoms with E-state index in [9.17, 15) is 9.59 Å². The molecule has 1 aromatic heterocycles. The Bertz CT molecular complexity index is 795. The quantitative estimate of drug-likeness (QED) is 0.812. The van der Waals surface area contributed by atoms with Gasteiger partial charge in [0.1, 0.15) is 5.82 Å². The van der Waals surface area contributed by atoms with Crippen LogP contribution in [0.4, 0.5) is 10.6 Å². The van der Waals surface area contributed by atoms with E-state index < -0.39 is 6.09 Å². The third kappa shape index (κ3) is 4.10. The second-order valence-corrected chi connectivity index (χ2v) is 8.63. The highest BCUT2D eigenvalue weighted by Crippen LogP contribution is 2.43. The minimum absolute atomic E-state index is 0.305. The van der Waals surface area contributed by atoms with Crippen molar-refractivity contribution in [3.63, 3.8) is 0 Å². The Labute approximate surface area is 177 Å². The van der Waals surface area contributed by atoms with Crippen LogP contribution in [0, 0.1) is 12.3 Å². The lowest BCUT2D eigenvalue weighted by atomic mass is 9.78. The predicted molar refractivity (Wildman–Crippen MR) is 113 cm³/mol. The third-order valence-corrected chi connectivity index (χ3v) is 6.61. The number of carbonyl (C=O) groups excluding carboxylic acids is 2. The topological polar surface area (TPSA) is 84.0 Å². The molecule has 1 atom stereocenters. The highest BCUT2D eigenvalue weighted by molar-refractivity contribution is 5.86. The summed E-state index contributed by atoms with van der Waals surface area (Å²) >= 11 is 0. The second-order valence-electron chi connectivity index (χ2n) is 8.63. The van der Waals surface area contributed by atoms with E-state index in [1.165, 1.54) is 0 Å². The third-order valence-electron chi connectivity index (χ3n) is 6.61. The lowest BCUT2D eigenvalue weighted by molar-refractivity contribution is -0.139. The molecule has 0 saturated carbocycles. The number of hydrogen-bond donors (Lipinski definition) is 1. The molecule has 3 fully saturated rings. The van der Waals surface area contributed by atoms with Gasteiger partial charge < -0.3 is 24.6 Å². The minimum Gasteiger partial charge on any atom is -0.409 e. The van der Waals surface area contributed by atoms with Gasteiger partial charge in [0.25, 0.3) is 0 Å². The van der Waals surface area contributed by atoms with E-state index in [0.717, 1.165) is 69.8 Å². The van der Waals surface area contributed by atoms with Gasteiger partial charge in [-0.15, -0.1) is 0 Å². The molecule has 2 amide bonds. The summed E-state index contributed by atoms with van der Waals surface area (Å²) in [4.78, 5) is 34.0. The van der Waals surface area contributed by atoms with E-state index in [2.05, 4.69) is 20.1 Å². The van der Waals surface area contributed by atoms with E-state index in [0.29, 0.717) is 30.8 Å². The van der Waals surface area contributed by atoms with Crippen molar-refractivity contribution in [2.75, 3.05) is 44.3 Å². The molecule has 1 N–H and O–H groups in total. The van der Waals surface area contributed by atoms with Crippen LogP contribution in [-0.4, -0.2) is 67.3 Å². The van der Waals surface area contributed by atoms with Crippen LogP contribution in [-0.2, 0) is 9.53 Å². The van der Waals surface area contributed by atoms with Crippen LogP contribution in [0.2, 0.25) is 0 Å². The van der Waals surface area contributed by atoms with E-state index in [-0.39, 0.29) is 5.41 Å². The summed E-state index contributed by atoms with van der Waals surface area (Å²) in [6, 6.07) is 2.16. The van der Waals surface area contributed by atoms with Gasteiger partial charge in [-0.25, -0.2) is 9.78 Å². The van der Waals surface area contributed by atoms with Crippen LogP contribution < -0.4 is 15.0 Å². The summed E-state index contributed by atoms with van der Waals surface area (Å²) in [5, 5.41) is 2.61. The predicted octanol–water partition coefficient (Wildman–Crippen LogP) is 2.50. The Morgan fingerprint density at radius 1 is 1.33 bits per heavy atom. The maximum Gasteiger partial charge on any atom is 0.412 e. The van der Waals surface area contributed by atoms with Crippen LogP contribution in [0.1, 0.15) is 44.6 Å². The zero-order chi connectivity index (χ0) is 21.1. The van der Waals surface area contributed by atoms with Gasteiger partial charge in [0.05, 0.1) is 11.6 Å². The first kappa shape index (κ1) is 20.9. The molecule has 1 aromatic rings. The van der Waals surface area contributed by atoms with Crippen molar-refractivity contribution in [1.82, 2.24) is 15.2 Å². The molecule has 30 heavy (non-hydrogen) atoms. The first-order valence-corrected chi connectivity index (χ1v) is 11.1. The number of nitrogens with zero attached hydrogens (tertiary/aromatic N) is 3. The summed E-state index contributed by atoms with van der Waals surface area (Å²) in [6.07, 6.45) is 5.83. The van der Waals surface area contributed by atoms with Crippen molar-refractivity contribution in [2.24, 2.45) is 5.41 Å². The number of amides is 2. The molecular formula is C22H32N4O4. The Morgan fingerprint density at radius 3 is 2.87 bits per heavy atom. The fraction of sp³-hybridized carbons (Fsp3) is 0.682. The van der Waals surface area contributed by atoms with Crippen molar-refractivity contribution < 1.29 is 19.1 Å². The molecule has 8 heteroatoms. The number of carbonyl (C=O) groups is 2. The largest absolute Gasteiger partial charge is 0.412 e. The molecular weight excluding hydrogens is 384 g/mol. The van der Waals surface area contributed by atoms with E-state index in [4.69, 9.17) is 9.47 Å². The number of ether oxygens (including phenoxy) is 2. The molecule has 0 bridgehead atoms. The van der Waals surface area contributed by atoms with Gasteiger partial charge in [0, 0.05) is 45.4 Å². The average Bonchev–Trinajstić information content (AvgIpc) is 3.04. The highest BCUT2D eigenvalue weighted by Gasteiger charge is 2.50. The van der Waals surface area contributed by atoms with Gasteiger partial charge in [-0.3, -0.25) is 4.79 Å². The number of hydrogen-bond acceptors (Lipinski definition) is 6. The zero-order valence-electron chi connectivity index (χ0n) is 18.0. The number of piperidine rings is 1. The normalized spacial score (nSPS) is 25.1. The van der Waals surface area contributed by atoms with Crippen molar-refractivity contribution in [2.45, 2.75) is 52.0 Å². The number of likely N-dealkylation sites (tertiary alicyclic amines) is 1. The molecule has 8 nitrogen and oxygen atoms in total. The van der Waals surface area contributed by atoms with Gasteiger partial charge in [-0.2, -0.15) is 0 Å². The van der Waals surface area contributed by atoms with Crippen molar-refractivity contribution in [1.29, 1.82) is 0 Å². The fourth-order valence-corrected chi connectivity index (χ4v) is 5.10. The molecule has 0 unspecified atom stereocenters. The summed E-state index contributed by atoms with van der Waals surface area (Å²) in [5.41, 5.74) is 0.640. The summed E-state index contributed by atoms with van der Waals surface area (Å²) < 4.78 is 10.7. The monoisotopic (exact) mass is 416 g/mol. The van der Waals surface area contributed by atoms with Gasteiger partial charge in [-0.1, -0.05) is 0 Å². The smallest absolute Gasteiger partial charge is 0.409 e. The summed E-state index contributed by atoms with van der Waals surface area (Å²) in [7, 11) is 0. The van der Waals surface area contributed by atoms with E-state index in [1.54, 1.807) is 6.20 Å². The maximum atomic E-state index is 13.5. The Balaban J connectivity index is 1.46. The Hall–Kier alpha value is -2.35. The van der Waals surface area contributed by atoms with E-state index >= 15 is 0 Å².